The van der Waals surface area contributed by atoms with Crippen LogP contribution in [-0.4, -0.2) is 22.5 Å². The topological polar surface area (TPSA) is 15.3 Å². The monoisotopic (exact) mass is 170 g/mol. The van der Waals surface area contributed by atoms with E-state index in [1.54, 1.807) is 0 Å². The van der Waals surface area contributed by atoms with Crippen molar-refractivity contribution in [2.24, 2.45) is 0 Å². The molecule has 0 radical (unpaired) electrons. The minimum atomic E-state index is 0.512. The van der Waals surface area contributed by atoms with Crippen molar-refractivity contribution in [1.29, 1.82) is 0 Å². The molecule has 0 aliphatic carbocycles. The predicted octanol–water partition coefficient (Wildman–Crippen LogP) is 1.49. The normalized spacial score (nSPS) is 19.0. The third-order valence-electron chi connectivity index (χ3n) is 1.83. The lowest BCUT2D eigenvalue weighted by molar-refractivity contribution is 0.270. The molecule has 0 amide bonds. The molecule has 2 nitrogen and oxygen atoms in total. The van der Waals surface area contributed by atoms with E-state index in [1.165, 1.54) is 0 Å². The summed E-state index contributed by atoms with van der Waals surface area (Å²) < 4.78 is 0. The minimum absolute atomic E-state index is 0.512. The summed E-state index contributed by atoms with van der Waals surface area (Å²) in [6, 6.07) is 0.512. The van der Waals surface area contributed by atoms with Crippen molar-refractivity contribution in [3.8, 4) is 0 Å². The molecule has 0 bridgehead atoms. The summed E-state index contributed by atoms with van der Waals surface area (Å²) >= 11 is 5.02. The van der Waals surface area contributed by atoms with Crippen molar-refractivity contribution in [2.75, 3.05) is 6.54 Å². The number of thiocarbonyl (C=S) groups is 1. The molecule has 1 fully saturated rings. The molecule has 1 saturated heterocycles. The van der Waals surface area contributed by atoms with Crippen LogP contribution in [0.1, 0.15) is 20.3 Å². The van der Waals surface area contributed by atoms with E-state index >= 15 is 0 Å². The van der Waals surface area contributed by atoms with E-state index in [2.05, 4.69) is 30.6 Å². The highest BCUT2D eigenvalue weighted by Crippen LogP contribution is 2.11. The van der Waals surface area contributed by atoms with Gasteiger partial charge in [0.05, 0.1) is 10.8 Å². The second-order valence-corrected chi connectivity index (χ2v) is 3.52. The Morgan fingerprint density at radius 1 is 1.64 bits per heavy atom. The van der Waals surface area contributed by atoms with Gasteiger partial charge in [-0.05, 0) is 13.8 Å². The Morgan fingerprint density at radius 3 is 2.73 bits per heavy atom. The van der Waals surface area contributed by atoms with Crippen LogP contribution in [0.4, 0.5) is 0 Å². The maximum Gasteiger partial charge on any atom is 0.0989 e. The Bertz CT molecular complexity index is 187. The van der Waals surface area contributed by atoms with Gasteiger partial charge in [0.1, 0.15) is 0 Å². The molecule has 1 N–H and O–H groups in total. The highest BCUT2D eigenvalue weighted by atomic mass is 32.1. The maximum atomic E-state index is 5.02. The number of hydrogen-bond donors (Lipinski definition) is 1. The first-order chi connectivity index (χ1) is 5.11. The number of rotatable bonds is 1. The van der Waals surface area contributed by atoms with E-state index in [-0.39, 0.29) is 0 Å². The third-order valence-corrected chi connectivity index (χ3v) is 2.14. The smallest absolute Gasteiger partial charge is 0.0989 e. The molecule has 1 heterocycles. The van der Waals surface area contributed by atoms with Crippen LogP contribution in [0.2, 0.25) is 0 Å². The number of nitrogens with zero attached hydrogens (tertiary/aromatic N) is 1. The Balaban J connectivity index is 2.57. The molecule has 1 aliphatic heterocycles. The fourth-order valence-electron chi connectivity index (χ4n) is 1.22. The predicted molar refractivity (Wildman–Crippen MR) is 51.3 cm³/mol. The minimum Gasteiger partial charge on any atom is -0.356 e. The zero-order chi connectivity index (χ0) is 8.43. The Hall–Kier alpha value is -0.570. The maximum absolute atomic E-state index is 5.02. The van der Waals surface area contributed by atoms with Gasteiger partial charge < -0.3 is 10.2 Å². The Labute approximate surface area is 73.3 Å². The summed E-state index contributed by atoms with van der Waals surface area (Å²) in [4.78, 5) is 3.13. The summed E-state index contributed by atoms with van der Waals surface area (Å²) in [5.41, 5.74) is 0. The first kappa shape index (κ1) is 8.53. The van der Waals surface area contributed by atoms with Gasteiger partial charge in [-0.2, -0.15) is 0 Å². The number of hydrogen-bond acceptors (Lipinski definition) is 2. The van der Waals surface area contributed by atoms with E-state index in [0.29, 0.717) is 6.04 Å². The van der Waals surface area contributed by atoms with Gasteiger partial charge in [-0.3, -0.25) is 0 Å². The van der Waals surface area contributed by atoms with Gasteiger partial charge in [-0.1, -0.05) is 18.8 Å². The summed E-state index contributed by atoms with van der Waals surface area (Å²) in [7, 11) is 0. The molecule has 1 aliphatic rings. The number of nitrogens with one attached hydrogen (secondary N) is 1. The van der Waals surface area contributed by atoms with Crippen molar-refractivity contribution in [3.63, 3.8) is 0 Å². The summed E-state index contributed by atoms with van der Waals surface area (Å²) in [6.45, 7) is 9.20. The van der Waals surface area contributed by atoms with Crippen LogP contribution in [0.5, 0.6) is 0 Å². The summed E-state index contributed by atoms with van der Waals surface area (Å²) in [6.07, 6.45) is 0.951. The highest BCUT2D eigenvalue weighted by molar-refractivity contribution is 7.80. The van der Waals surface area contributed by atoms with Crippen molar-refractivity contribution in [2.45, 2.75) is 26.3 Å². The van der Waals surface area contributed by atoms with Crippen LogP contribution in [0, 0.1) is 0 Å². The molecule has 0 aromatic carbocycles. The van der Waals surface area contributed by atoms with Crippen molar-refractivity contribution < 1.29 is 0 Å². The van der Waals surface area contributed by atoms with Crippen LogP contribution in [-0.2, 0) is 0 Å². The Kier molecular flexibility index (Phi) is 2.49. The molecule has 0 spiro atoms. The lowest BCUT2D eigenvalue weighted by Crippen LogP contribution is -2.44. The van der Waals surface area contributed by atoms with Gasteiger partial charge in [0.15, 0.2) is 0 Å². The molecular formula is C8H14N2S. The molecule has 0 aromatic heterocycles. The van der Waals surface area contributed by atoms with Gasteiger partial charge in [0, 0.05) is 19.0 Å². The average molecular weight is 170 g/mol. The average Bonchev–Trinajstić information content (AvgIpc) is 1.85. The van der Waals surface area contributed by atoms with Gasteiger partial charge in [-0.25, -0.2) is 0 Å². The molecule has 62 valence electrons. The van der Waals surface area contributed by atoms with Crippen LogP contribution in [0.3, 0.4) is 0 Å². The van der Waals surface area contributed by atoms with Gasteiger partial charge in [0.25, 0.3) is 0 Å². The quantitative estimate of drug-likeness (QED) is 0.600. The third kappa shape index (κ3) is 1.93. The second-order valence-electron chi connectivity index (χ2n) is 3.03. The van der Waals surface area contributed by atoms with E-state index in [1.807, 2.05) is 0 Å². The highest BCUT2D eigenvalue weighted by Gasteiger charge is 2.17. The largest absolute Gasteiger partial charge is 0.356 e. The van der Waals surface area contributed by atoms with Gasteiger partial charge in [-0.15, -0.1) is 0 Å². The van der Waals surface area contributed by atoms with Crippen LogP contribution in [0.15, 0.2) is 12.4 Å². The van der Waals surface area contributed by atoms with Crippen molar-refractivity contribution in [1.82, 2.24) is 10.2 Å². The molecule has 0 unspecified atom stereocenters. The lowest BCUT2D eigenvalue weighted by Gasteiger charge is -2.35. The Morgan fingerprint density at radius 2 is 2.27 bits per heavy atom. The first-order valence-electron chi connectivity index (χ1n) is 3.86. The molecular weight excluding hydrogens is 156 g/mol. The molecule has 0 saturated carbocycles. The van der Waals surface area contributed by atoms with Crippen molar-refractivity contribution in [3.05, 3.63) is 12.4 Å². The standard InChI is InChI=1S/C8H14N2S/c1-6(2)10-5-4-8(11)9-7(10)3/h6H,3-5H2,1-2H3,(H,9,11). The van der Waals surface area contributed by atoms with Crippen LogP contribution in [0.25, 0.3) is 0 Å². The lowest BCUT2D eigenvalue weighted by atomic mass is 10.2. The van der Waals surface area contributed by atoms with Crippen LogP contribution < -0.4 is 5.32 Å². The SMILES string of the molecule is C=C1NC(=S)CCN1C(C)C. The van der Waals surface area contributed by atoms with E-state index < -0.39 is 0 Å². The van der Waals surface area contributed by atoms with Gasteiger partial charge in [0.2, 0.25) is 0 Å². The van der Waals surface area contributed by atoms with E-state index in [0.717, 1.165) is 23.8 Å². The fraction of sp³-hybridized carbons (Fsp3) is 0.625. The van der Waals surface area contributed by atoms with E-state index in [9.17, 15) is 0 Å². The fourth-order valence-corrected chi connectivity index (χ4v) is 1.43. The van der Waals surface area contributed by atoms with Crippen molar-refractivity contribution >= 4 is 17.2 Å². The van der Waals surface area contributed by atoms with Gasteiger partial charge >= 0.3 is 0 Å². The second kappa shape index (κ2) is 3.22. The summed E-state index contributed by atoms with van der Waals surface area (Å²) in [5.74, 6) is 0.941. The zero-order valence-electron chi connectivity index (χ0n) is 7.05. The molecule has 0 atom stereocenters. The molecule has 1 rings (SSSR count). The van der Waals surface area contributed by atoms with Crippen LogP contribution >= 0.6 is 12.2 Å². The molecule has 3 heteroatoms. The molecule has 0 aromatic rings. The molecule has 11 heavy (non-hydrogen) atoms. The first-order valence-corrected chi connectivity index (χ1v) is 4.27. The zero-order valence-corrected chi connectivity index (χ0v) is 7.87. The van der Waals surface area contributed by atoms with E-state index in [4.69, 9.17) is 12.2 Å². The summed E-state index contributed by atoms with van der Waals surface area (Å²) in [5, 5.41) is 3.07.